The predicted octanol–water partition coefficient (Wildman–Crippen LogP) is -0.0293. The molecule has 0 fully saturated rings. The van der Waals surface area contributed by atoms with Crippen LogP contribution in [0.2, 0.25) is 0 Å². The first-order valence-corrected chi connectivity index (χ1v) is 8.39. The number of tetrazole rings is 1. The zero-order valence-electron chi connectivity index (χ0n) is 12.2. The van der Waals surface area contributed by atoms with Crippen molar-refractivity contribution in [2.24, 2.45) is 0 Å². The highest BCUT2D eigenvalue weighted by Gasteiger charge is 2.22. The number of ether oxygens (including phenoxy) is 1. The molecule has 11 heteroatoms. The van der Waals surface area contributed by atoms with Gasteiger partial charge in [-0.25, -0.2) is 10.1 Å². The van der Waals surface area contributed by atoms with E-state index in [-0.39, 0.29) is 11.5 Å². The van der Waals surface area contributed by atoms with Crippen molar-refractivity contribution in [1.29, 1.82) is 0 Å². The third-order valence-corrected chi connectivity index (χ3v) is 4.29. The maximum Gasteiger partial charge on any atom is 0.376 e. The van der Waals surface area contributed by atoms with Gasteiger partial charge in [-0.05, 0) is 34.9 Å². The van der Waals surface area contributed by atoms with Gasteiger partial charge in [-0.15, -0.1) is 5.10 Å². The minimum atomic E-state index is -4.38. The van der Waals surface area contributed by atoms with Crippen LogP contribution in [0.5, 0.6) is 0 Å². The molecule has 0 aliphatic heterocycles. The summed E-state index contributed by atoms with van der Waals surface area (Å²) in [6.07, 6.45) is 3.90. The SMILES string of the molecule is COC(CCc1cccn2cc(P(=O)(O)O)nc12)c1nnn[nH]1. The lowest BCUT2D eigenvalue weighted by molar-refractivity contribution is 0.0886. The quantitative estimate of drug-likeness (QED) is 0.533. The fourth-order valence-corrected chi connectivity index (χ4v) is 2.85. The maximum atomic E-state index is 11.4. The van der Waals surface area contributed by atoms with Gasteiger partial charge in [-0.3, -0.25) is 4.57 Å². The molecule has 0 aliphatic carbocycles. The molecule has 1 atom stereocenters. The normalized spacial score (nSPS) is 13.5. The van der Waals surface area contributed by atoms with Crippen molar-refractivity contribution in [3.8, 4) is 0 Å². The number of nitrogens with zero attached hydrogens (tertiary/aromatic N) is 5. The Balaban J connectivity index is 1.85. The van der Waals surface area contributed by atoms with E-state index in [0.29, 0.717) is 24.3 Å². The summed E-state index contributed by atoms with van der Waals surface area (Å²) < 4.78 is 18.3. The summed E-state index contributed by atoms with van der Waals surface area (Å²) in [5.74, 6) is 0.527. The summed E-state index contributed by atoms with van der Waals surface area (Å²) in [7, 11) is -2.82. The average molecular weight is 338 g/mol. The molecule has 10 nitrogen and oxygen atoms in total. The number of imidazole rings is 1. The van der Waals surface area contributed by atoms with Crippen molar-refractivity contribution in [2.75, 3.05) is 7.11 Å². The van der Waals surface area contributed by atoms with Crippen LogP contribution < -0.4 is 5.44 Å². The molecule has 1 unspecified atom stereocenters. The molecule has 0 spiro atoms. The molecule has 3 aromatic rings. The number of methoxy groups -OCH3 is 1. The summed E-state index contributed by atoms with van der Waals surface area (Å²) in [5.41, 5.74) is 1.12. The van der Waals surface area contributed by atoms with Gasteiger partial charge in [0.05, 0.1) is 0 Å². The average Bonchev–Trinajstić information content (AvgIpc) is 3.16. The van der Waals surface area contributed by atoms with Gasteiger partial charge in [0.2, 0.25) is 0 Å². The van der Waals surface area contributed by atoms with Crippen molar-refractivity contribution in [2.45, 2.75) is 18.9 Å². The summed E-state index contributed by atoms with van der Waals surface area (Å²) in [4.78, 5) is 22.6. The van der Waals surface area contributed by atoms with Crippen LogP contribution in [0.1, 0.15) is 23.9 Å². The molecule has 0 aromatic carbocycles. The van der Waals surface area contributed by atoms with Crippen molar-refractivity contribution >= 4 is 18.7 Å². The van der Waals surface area contributed by atoms with Gasteiger partial charge < -0.3 is 18.9 Å². The van der Waals surface area contributed by atoms with E-state index in [1.807, 2.05) is 6.07 Å². The predicted molar refractivity (Wildman–Crippen MR) is 79.1 cm³/mol. The second-order valence-corrected chi connectivity index (χ2v) is 6.50. The van der Waals surface area contributed by atoms with E-state index < -0.39 is 7.60 Å². The second-order valence-electron chi connectivity index (χ2n) is 4.96. The van der Waals surface area contributed by atoms with Crippen molar-refractivity contribution in [1.82, 2.24) is 30.0 Å². The Bertz CT molecular complexity index is 842. The number of fused-ring (bicyclic) bond motifs is 1. The minimum Gasteiger partial charge on any atom is -0.373 e. The molecular formula is C12H15N6O4P. The van der Waals surface area contributed by atoms with Gasteiger partial charge in [0.1, 0.15) is 11.8 Å². The van der Waals surface area contributed by atoms with Gasteiger partial charge in [-0.2, -0.15) is 0 Å². The number of aryl methyl sites for hydroxylation is 1. The van der Waals surface area contributed by atoms with Crippen LogP contribution in [0.4, 0.5) is 0 Å². The van der Waals surface area contributed by atoms with Crippen LogP contribution in [0.3, 0.4) is 0 Å². The molecule has 23 heavy (non-hydrogen) atoms. The summed E-state index contributed by atoms with van der Waals surface area (Å²) in [6.45, 7) is 0. The Morgan fingerprint density at radius 1 is 1.48 bits per heavy atom. The largest absolute Gasteiger partial charge is 0.376 e. The Morgan fingerprint density at radius 3 is 2.96 bits per heavy atom. The highest BCUT2D eigenvalue weighted by Crippen LogP contribution is 2.32. The first-order chi connectivity index (χ1) is 11.0. The van der Waals surface area contributed by atoms with Gasteiger partial charge in [0, 0.05) is 19.5 Å². The van der Waals surface area contributed by atoms with Gasteiger partial charge in [0.25, 0.3) is 0 Å². The first-order valence-electron chi connectivity index (χ1n) is 6.78. The maximum absolute atomic E-state index is 11.4. The number of nitrogens with one attached hydrogen (secondary N) is 1. The minimum absolute atomic E-state index is 0.243. The van der Waals surface area contributed by atoms with Gasteiger partial charge in [-0.1, -0.05) is 6.07 Å². The number of H-pyrrole nitrogens is 1. The fraction of sp³-hybridized carbons (Fsp3) is 0.333. The molecule has 0 bridgehead atoms. The first kappa shape index (κ1) is 15.8. The smallest absolute Gasteiger partial charge is 0.373 e. The molecule has 0 radical (unpaired) electrons. The molecule has 3 aromatic heterocycles. The number of pyridine rings is 1. The highest BCUT2D eigenvalue weighted by atomic mass is 31.2. The zero-order chi connectivity index (χ0) is 16.4. The monoisotopic (exact) mass is 338 g/mol. The molecule has 122 valence electrons. The molecular weight excluding hydrogens is 323 g/mol. The molecule has 0 aliphatic rings. The van der Waals surface area contributed by atoms with E-state index in [1.165, 1.54) is 6.20 Å². The molecule has 0 saturated carbocycles. The van der Waals surface area contributed by atoms with Gasteiger partial charge >= 0.3 is 7.60 Å². The number of aromatic amines is 1. The van der Waals surface area contributed by atoms with E-state index >= 15 is 0 Å². The van der Waals surface area contributed by atoms with Crippen molar-refractivity contribution in [3.63, 3.8) is 0 Å². The number of rotatable bonds is 6. The van der Waals surface area contributed by atoms with Crippen LogP contribution in [-0.4, -0.2) is 46.9 Å². The van der Waals surface area contributed by atoms with Crippen molar-refractivity contribution in [3.05, 3.63) is 35.9 Å². The fourth-order valence-electron chi connectivity index (χ4n) is 2.35. The Labute approximate surface area is 130 Å². The Hall–Kier alpha value is -2.13. The number of hydrogen-bond acceptors (Lipinski definition) is 6. The lowest BCUT2D eigenvalue weighted by Crippen LogP contribution is -2.06. The molecule has 0 amide bonds. The number of aromatic nitrogens is 6. The second kappa shape index (κ2) is 6.17. The van der Waals surface area contributed by atoms with Crippen molar-refractivity contribution < 1.29 is 19.1 Å². The Morgan fingerprint density at radius 2 is 2.30 bits per heavy atom. The van der Waals surface area contributed by atoms with E-state index in [4.69, 9.17) is 4.74 Å². The molecule has 3 N–H and O–H groups in total. The van der Waals surface area contributed by atoms with Crippen LogP contribution in [0.15, 0.2) is 24.5 Å². The lowest BCUT2D eigenvalue weighted by Gasteiger charge is -2.11. The summed E-state index contributed by atoms with van der Waals surface area (Å²) in [6, 6.07) is 3.66. The van der Waals surface area contributed by atoms with E-state index in [1.54, 1.807) is 23.8 Å². The number of hydrogen-bond donors (Lipinski definition) is 3. The van der Waals surface area contributed by atoms with E-state index in [9.17, 15) is 14.4 Å². The lowest BCUT2D eigenvalue weighted by atomic mass is 10.1. The van der Waals surface area contributed by atoms with Crippen LogP contribution in [0, 0.1) is 0 Å². The summed E-state index contributed by atoms with van der Waals surface area (Å²) in [5, 5.41) is 13.5. The Kier molecular flexibility index (Phi) is 4.22. The molecule has 0 saturated heterocycles. The topological polar surface area (TPSA) is 139 Å². The third kappa shape index (κ3) is 3.30. The van der Waals surface area contributed by atoms with E-state index in [2.05, 4.69) is 25.6 Å². The zero-order valence-corrected chi connectivity index (χ0v) is 13.1. The van der Waals surface area contributed by atoms with Crippen LogP contribution in [0.25, 0.3) is 5.65 Å². The molecule has 3 heterocycles. The highest BCUT2D eigenvalue weighted by molar-refractivity contribution is 7.60. The standard InChI is InChI=1S/C12H15N6O4P/c1-22-9(11-14-16-17-15-11)5-4-8-3-2-6-18-7-10(13-12(8)18)23(19,20)21/h2-3,6-7,9H,4-5H2,1H3,(H2,19,20,21)(H,14,15,16,17). The van der Waals surface area contributed by atoms with E-state index in [0.717, 1.165) is 5.56 Å². The third-order valence-electron chi connectivity index (χ3n) is 3.48. The van der Waals surface area contributed by atoms with Crippen LogP contribution >= 0.6 is 7.60 Å². The van der Waals surface area contributed by atoms with Crippen LogP contribution in [-0.2, 0) is 15.7 Å². The summed E-state index contributed by atoms with van der Waals surface area (Å²) >= 11 is 0. The molecule has 3 rings (SSSR count). The van der Waals surface area contributed by atoms with Gasteiger partial charge in [0.15, 0.2) is 11.3 Å².